The van der Waals surface area contributed by atoms with Gasteiger partial charge in [0.1, 0.15) is 5.75 Å². The van der Waals surface area contributed by atoms with Crippen LogP contribution >= 0.6 is 0 Å². The minimum absolute atomic E-state index is 0.00110. The number of ether oxygens (including phenoxy) is 1. The summed E-state index contributed by atoms with van der Waals surface area (Å²) in [5.41, 5.74) is 4.31. The zero-order chi connectivity index (χ0) is 32.6. The van der Waals surface area contributed by atoms with Gasteiger partial charge in [-0.05, 0) is 72.5 Å². The number of hydrogen-bond donors (Lipinski definition) is 2. The molecule has 1 fully saturated rings. The van der Waals surface area contributed by atoms with E-state index in [-0.39, 0.29) is 23.7 Å². The second kappa shape index (κ2) is 12.3. The maximum Gasteiger partial charge on any atom is 0.573 e. The van der Waals surface area contributed by atoms with Crippen LogP contribution < -0.4 is 19.3 Å². The number of non-ortho nitro benzene ring substituents is 1. The number of para-hydroxylation sites is 2. The molecule has 14 heteroatoms. The molecule has 2 aliphatic heterocycles. The van der Waals surface area contributed by atoms with Gasteiger partial charge in [0.05, 0.1) is 28.0 Å². The van der Waals surface area contributed by atoms with Crippen molar-refractivity contribution in [3.63, 3.8) is 0 Å². The molecule has 0 saturated carbocycles. The quantitative estimate of drug-likeness (QED) is 0.203. The van der Waals surface area contributed by atoms with E-state index >= 15 is 0 Å². The number of aliphatic hydroxyl groups is 1. The highest BCUT2D eigenvalue weighted by molar-refractivity contribution is 7.89. The summed E-state index contributed by atoms with van der Waals surface area (Å²) >= 11 is 0. The van der Waals surface area contributed by atoms with Crippen molar-refractivity contribution in [3.05, 3.63) is 118 Å². The molecule has 0 radical (unpaired) electrons. The van der Waals surface area contributed by atoms with Crippen LogP contribution in [-0.4, -0.2) is 56.1 Å². The lowest BCUT2D eigenvalue weighted by Gasteiger charge is -2.48. The summed E-state index contributed by atoms with van der Waals surface area (Å²) in [5.74, 6) is -0.577. The van der Waals surface area contributed by atoms with Crippen LogP contribution in [0, 0.1) is 10.1 Å². The Kier molecular flexibility index (Phi) is 8.35. The standard InChI is InChI=1S/C32H29F3N4O6S/c33-32(34,35)45-25-15-17-26(18-16-25)46(43,44)36-27-19-37(23-11-13-24(14-12-23)39(41)42)20-30(31(27)40)38-28-7-3-1-5-21(28)9-10-22-6-2-4-8-29(22)38/h1-8,11-18,27,30-31,36,40H,9-10,19-20H2/t27-,30+,31+/m1/s1. The van der Waals surface area contributed by atoms with E-state index in [1.807, 2.05) is 58.3 Å². The Morgan fingerprint density at radius 3 is 1.96 bits per heavy atom. The molecule has 2 N–H and O–H groups in total. The van der Waals surface area contributed by atoms with Crippen molar-refractivity contribution >= 4 is 32.8 Å². The normalized spacial score (nSPS) is 20.0. The summed E-state index contributed by atoms with van der Waals surface area (Å²) in [6.45, 7) is 0.241. The van der Waals surface area contributed by atoms with Crippen molar-refractivity contribution in [2.75, 3.05) is 22.9 Å². The Bertz CT molecular complexity index is 1790. The number of nitro benzene ring substituents is 1. The smallest absolute Gasteiger partial charge is 0.406 e. The van der Waals surface area contributed by atoms with Gasteiger partial charge in [-0.25, -0.2) is 13.1 Å². The summed E-state index contributed by atoms with van der Waals surface area (Å²) in [6.07, 6.45) is -4.69. The van der Waals surface area contributed by atoms with Crippen LogP contribution in [0.5, 0.6) is 5.75 Å². The molecule has 1 saturated heterocycles. The molecule has 0 aromatic heterocycles. The van der Waals surface area contributed by atoms with Gasteiger partial charge in [-0.1, -0.05) is 36.4 Å². The number of fused-ring (bicyclic) bond motifs is 2. The number of halogens is 3. The zero-order valence-electron chi connectivity index (χ0n) is 24.2. The average Bonchev–Trinajstić information content (AvgIpc) is 3.18. The summed E-state index contributed by atoms with van der Waals surface area (Å²) < 4.78 is 71.5. The third kappa shape index (κ3) is 6.50. The van der Waals surface area contributed by atoms with Crippen LogP contribution in [0.1, 0.15) is 11.1 Å². The van der Waals surface area contributed by atoms with Crippen molar-refractivity contribution in [3.8, 4) is 5.75 Å². The van der Waals surface area contributed by atoms with Crippen LogP contribution in [0.25, 0.3) is 0 Å². The Hall–Kier alpha value is -4.66. The van der Waals surface area contributed by atoms with E-state index in [0.29, 0.717) is 5.69 Å². The average molecular weight is 655 g/mol. The summed E-state index contributed by atoms with van der Waals surface area (Å²) in [7, 11) is -4.34. The predicted molar refractivity (Wildman–Crippen MR) is 165 cm³/mol. The van der Waals surface area contributed by atoms with E-state index in [2.05, 4.69) is 9.46 Å². The van der Waals surface area contributed by atoms with Crippen LogP contribution in [0.3, 0.4) is 0 Å². The number of alkyl halides is 3. The molecule has 46 heavy (non-hydrogen) atoms. The second-order valence-electron chi connectivity index (χ2n) is 11.1. The van der Waals surface area contributed by atoms with E-state index in [0.717, 1.165) is 59.6 Å². The molecular weight excluding hydrogens is 625 g/mol. The van der Waals surface area contributed by atoms with Gasteiger partial charge in [-0.3, -0.25) is 10.1 Å². The highest BCUT2D eigenvalue weighted by atomic mass is 32.2. The van der Waals surface area contributed by atoms with Crippen molar-refractivity contribution in [1.29, 1.82) is 0 Å². The van der Waals surface area contributed by atoms with Gasteiger partial charge < -0.3 is 19.6 Å². The van der Waals surface area contributed by atoms with Gasteiger partial charge in [-0.2, -0.15) is 0 Å². The highest BCUT2D eigenvalue weighted by Gasteiger charge is 2.43. The molecule has 0 spiro atoms. The van der Waals surface area contributed by atoms with Gasteiger partial charge >= 0.3 is 6.36 Å². The van der Waals surface area contributed by atoms with Gasteiger partial charge in [0.25, 0.3) is 5.69 Å². The van der Waals surface area contributed by atoms with Crippen LogP contribution in [0.2, 0.25) is 0 Å². The Morgan fingerprint density at radius 1 is 0.848 bits per heavy atom. The first kappa shape index (κ1) is 31.3. The monoisotopic (exact) mass is 654 g/mol. The van der Waals surface area contributed by atoms with Crippen LogP contribution in [0.4, 0.5) is 35.9 Å². The molecule has 4 aromatic rings. The number of hydrogen-bond acceptors (Lipinski definition) is 8. The molecule has 2 aliphatic rings. The summed E-state index contributed by atoms with van der Waals surface area (Å²) in [5, 5.41) is 23.3. The van der Waals surface area contributed by atoms with Crippen molar-refractivity contribution in [1.82, 2.24) is 4.72 Å². The molecule has 2 heterocycles. The fourth-order valence-corrected chi connectivity index (χ4v) is 7.36. The number of aliphatic hydroxyl groups excluding tert-OH is 1. The maximum absolute atomic E-state index is 13.5. The molecule has 0 amide bonds. The lowest BCUT2D eigenvalue weighted by molar-refractivity contribution is -0.384. The highest BCUT2D eigenvalue weighted by Crippen LogP contribution is 2.40. The summed E-state index contributed by atoms with van der Waals surface area (Å²) in [4.78, 5) is 14.4. The number of rotatable bonds is 7. The summed E-state index contributed by atoms with van der Waals surface area (Å²) in [6, 6.07) is 23.5. The van der Waals surface area contributed by atoms with Crippen molar-refractivity contribution in [2.24, 2.45) is 0 Å². The Labute approximate surface area is 262 Å². The first-order valence-electron chi connectivity index (χ1n) is 14.4. The first-order valence-corrected chi connectivity index (χ1v) is 15.9. The van der Waals surface area contributed by atoms with Gasteiger partial charge in [-0.15, -0.1) is 13.2 Å². The number of benzene rings is 4. The zero-order valence-corrected chi connectivity index (χ0v) is 25.0. The number of nitrogens with zero attached hydrogens (tertiary/aromatic N) is 3. The molecular formula is C32H29F3N4O6S. The number of nitrogens with one attached hydrogen (secondary N) is 1. The third-order valence-electron chi connectivity index (χ3n) is 8.23. The molecule has 3 atom stereocenters. The molecule has 0 bridgehead atoms. The molecule has 0 unspecified atom stereocenters. The van der Waals surface area contributed by atoms with Crippen LogP contribution in [-0.2, 0) is 22.9 Å². The molecule has 10 nitrogen and oxygen atoms in total. The first-order chi connectivity index (χ1) is 21.9. The predicted octanol–water partition coefficient (Wildman–Crippen LogP) is 5.33. The van der Waals surface area contributed by atoms with Gasteiger partial charge in [0, 0.05) is 42.3 Å². The van der Waals surface area contributed by atoms with E-state index in [9.17, 15) is 36.8 Å². The SMILES string of the molecule is O=[N+]([O-])c1ccc(N2C[C@@H](NS(=O)(=O)c3ccc(OC(F)(F)F)cc3)[C@H](O)[C@@H](N3c4ccccc4CCc4ccccc43)C2)cc1. The number of nitro groups is 1. The molecule has 240 valence electrons. The minimum atomic E-state index is -4.94. The minimum Gasteiger partial charge on any atom is -0.406 e. The lowest BCUT2D eigenvalue weighted by atomic mass is 9.94. The van der Waals surface area contributed by atoms with Crippen LogP contribution in [0.15, 0.2) is 102 Å². The van der Waals surface area contributed by atoms with E-state index in [1.54, 1.807) is 12.1 Å². The number of aryl methyl sites for hydroxylation is 2. The van der Waals surface area contributed by atoms with E-state index in [4.69, 9.17) is 0 Å². The lowest BCUT2D eigenvalue weighted by Crippen LogP contribution is -2.65. The molecule has 0 aliphatic carbocycles. The topological polar surface area (TPSA) is 125 Å². The van der Waals surface area contributed by atoms with E-state index in [1.165, 1.54) is 12.1 Å². The number of piperidine rings is 1. The molecule has 4 aromatic carbocycles. The fraction of sp³-hybridized carbons (Fsp3) is 0.250. The number of sulfonamides is 1. The number of anilines is 3. The van der Waals surface area contributed by atoms with Crippen molar-refractivity contribution < 1.29 is 36.4 Å². The second-order valence-corrected chi connectivity index (χ2v) is 12.8. The fourth-order valence-electron chi connectivity index (χ4n) is 6.12. The maximum atomic E-state index is 13.5. The van der Waals surface area contributed by atoms with Gasteiger partial charge in [0.15, 0.2) is 0 Å². The Morgan fingerprint density at radius 2 is 1.41 bits per heavy atom. The van der Waals surface area contributed by atoms with Gasteiger partial charge in [0.2, 0.25) is 10.0 Å². The Balaban J connectivity index is 1.39. The largest absolute Gasteiger partial charge is 0.573 e. The van der Waals surface area contributed by atoms with Crippen molar-refractivity contribution in [2.45, 2.75) is 42.3 Å². The van der Waals surface area contributed by atoms with E-state index < -0.39 is 45.2 Å². The third-order valence-corrected chi connectivity index (χ3v) is 9.73. The molecule has 6 rings (SSSR count).